The van der Waals surface area contributed by atoms with Gasteiger partial charge in [0.15, 0.2) is 6.17 Å². The molecule has 2 aromatic rings. The van der Waals surface area contributed by atoms with Crippen LogP contribution in [-0.2, 0) is 4.74 Å². The number of ether oxygens (including phenoxy) is 1. The SMILES string of the molecule is CC1(C)C(N(O)C(=O)Nc2ccccc2)N(c2ccccc2)C(=O)N1CCN1CCOCC1. The summed E-state index contributed by atoms with van der Waals surface area (Å²) in [7, 11) is 0. The molecule has 33 heavy (non-hydrogen) atoms. The molecule has 0 saturated carbocycles. The largest absolute Gasteiger partial charge is 0.379 e. The Hall–Kier alpha value is -3.14. The quantitative estimate of drug-likeness (QED) is 0.518. The van der Waals surface area contributed by atoms with Crippen molar-refractivity contribution >= 4 is 23.4 Å². The predicted octanol–water partition coefficient (Wildman–Crippen LogP) is 3.29. The van der Waals surface area contributed by atoms with E-state index in [1.165, 1.54) is 4.90 Å². The van der Waals surface area contributed by atoms with E-state index >= 15 is 0 Å². The minimum Gasteiger partial charge on any atom is -0.379 e. The van der Waals surface area contributed by atoms with Gasteiger partial charge in [0.05, 0.1) is 18.8 Å². The zero-order chi connectivity index (χ0) is 23.4. The fourth-order valence-corrected chi connectivity index (χ4v) is 4.45. The number of benzene rings is 2. The first-order chi connectivity index (χ1) is 15.9. The van der Waals surface area contributed by atoms with Gasteiger partial charge in [0, 0.05) is 37.6 Å². The number of hydrogen-bond donors (Lipinski definition) is 2. The number of carbonyl (C=O) groups excluding carboxylic acids is 2. The predicted molar refractivity (Wildman–Crippen MR) is 125 cm³/mol. The summed E-state index contributed by atoms with van der Waals surface area (Å²) >= 11 is 0. The summed E-state index contributed by atoms with van der Waals surface area (Å²) in [5.74, 6) is 0. The van der Waals surface area contributed by atoms with E-state index in [4.69, 9.17) is 4.74 Å². The maximum absolute atomic E-state index is 13.6. The molecular formula is C24H31N5O4. The third-order valence-electron chi connectivity index (χ3n) is 6.25. The highest BCUT2D eigenvalue weighted by Gasteiger charge is 2.55. The molecule has 0 aromatic heterocycles. The van der Waals surface area contributed by atoms with E-state index in [0.29, 0.717) is 42.7 Å². The van der Waals surface area contributed by atoms with Crippen molar-refractivity contribution in [3.8, 4) is 0 Å². The first kappa shape index (κ1) is 23.0. The number of nitrogens with zero attached hydrogens (tertiary/aromatic N) is 4. The van der Waals surface area contributed by atoms with Gasteiger partial charge in [-0.15, -0.1) is 0 Å². The van der Waals surface area contributed by atoms with Gasteiger partial charge in [-0.25, -0.2) is 9.59 Å². The van der Waals surface area contributed by atoms with Crippen LogP contribution in [0, 0.1) is 0 Å². The Kier molecular flexibility index (Phi) is 6.83. The standard InChI is InChI=1S/C24H31N5O4/c1-24(2)21(29(32)22(30)25-19-9-5-3-6-10-19)28(20-11-7-4-8-12-20)23(31)27(24)14-13-26-15-17-33-18-16-26/h3-12,21,32H,13-18H2,1-2H3,(H,25,30). The lowest BCUT2D eigenvalue weighted by Gasteiger charge is -2.39. The molecule has 2 fully saturated rings. The minimum atomic E-state index is -0.930. The number of urea groups is 2. The van der Waals surface area contributed by atoms with E-state index in [1.54, 1.807) is 41.3 Å². The summed E-state index contributed by atoms with van der Waals surface area (Å²) in [5, 5.41) is 14.4. The Morgan fingerprint density at radius 2 is 1.67 bits per heavy atom. The van der Waals surface area contributed by atoms with Crippen LogP contribution in [0.15, 0.2) is 60.7 Å². The molecular weight excluding hydrogens is 422 g/mol. The van der Waals surface area contributed by atoms with Crippen LogP contribution in [0.4, 0.5) is 21.0 Å². The molecule has 176 valence electrons. The summed E-state index contributed by atoms with van der Waals surface area (Å²) in [6, 6.07) is 17.1. The second kappa shape index (κ2) is 9.78. The molecule has 1 unspecified atom stereocenters. The molecule has 0 radical (unpaired) electrons. The van der Waals surface area contributed by atoms with Gasteiger partial charge in [-0.05, 0) is 38.1 Å². The van der Waals surface area contributed by atoms with Crippen molar-refractivity contribution < 1.29 is 19.5 Å². The molecule has 1 atom stereocenters. The molecule has 2 aromatic carbocycles. The smallest absolute Gasteiger partial charge is 0.347 e. The van der Waals surface area contributed by atoms with Gasteiger partial charge in [0.2, 0.25) is 0 Å². The third kappa shape index (κ3) is 4.80. The Balaban J connectivity index is 1.60. The molecule has 2 aliphatic heterocycles. The molecule has 2 N–H and O–H groups in total. The van der Waals surface area contributed by atoms with Gasteiger partial charge in [-0.3, -0.25) is 15.0 Å². The zero-order valence-corrected chi connectivity index (χ0v) is 19.1. The van der Waals surface area contributed by atoms with E-state index in [0.717, 1.165) is 13.1 Å². The van der Waals surface area contributed by atoms with Crippen molar-refractivity contribution in [2.45, 2.75) is 25.6 Å². The molecule has 2 heterocycles. The van der Waals surface area contributed by atoms with Gasteiger partial charge in [-0.2, -0.15) is 5.06 Å². The third-order valence-corrected chi connectivity index (χ3v) is 6.25. The highest BCUT2D eigenvalue weighted by Crippen LogP contribution is 2.37. The topological polar surface area (TPSA) is 88.6 Å². The molecule has 0 spiro atoms. The summed E-state index contributed by atoms with van der Waals surface area (Å²) in [4.78, 5) is 32.1. The maximum Gasteiger partial charge on any atom is 0.347 e. The van der Waals surface area contributed by atoms with Crippen molar-refractivity contribution in [1.29, 1.82) is 0 Å². The number of rotatable bonds is 6. The normalized spacial score (nSPS) is 20.7. The fraction of sp³-hybridized carbons (Fsp3) is 0.417. The van der Waals surface area contributed by atoms with Crippen LogP contribution in [-0.4, -0.2) is 83.2 Å². The van der Waals surface area contributed by atoms with E-state index in [2.05, 4.69) is 10.2 Å². The van der Waals surface area contributed by atoms with Crippen molar-refractivity contribution in [1.82, 2.24) is 14.9 Å². The molecule has 2 saturated heterocycles. The highest BCUT2D eigenvalue weighted by atomic mass is 16.5. The average molecular weight is 454 g/mol. The molecule has 0 bridgehead atoms. The van der Waals surface area contributed by atoms with Crippen LogP contribution >= 0.6 is 0 Å². The fourth-order valence-electron chi connectivity index (χ4n) is 4.45. The average Bonchev–Trinajstić information content (AvgIpc) is 3.03. The maximum atomic E-state index is 13.6. The van der Waals surface area contributed by atoms with Crippen molar-refractivity contribution in [3.05, 3.63) is 60.7 Å². The Bertz CT molecular complexity index is 950. The van der Waals surface area contributed by atoms with E-state index < -0.39 is 17.7 Å². The first-order valence-corrected chi connectivity index (χ1v) is 11.2. The summed E-state index contributed by atoms with van der Waals surface area (Å²) < 4.78 is 5.42. The van der Waals surface area contributed by atoms with Gasteiger partial charge < -0.3 is 15.0 Å². The van der Waals surface area contributed by atoms with E-state index in [-0.39, 0.29) is 6.03 Å². The molecule has 0 aliphatic carbocycles. The molecule has 4 rings (SSSR count). The number of nitrogens with one attached hydrogen (secondary N) is 1. The zero-order valence-electron chi connectivity index (χ0n) is 19.1. The summed E-state index contributed by atoms with van der Waals surface area (Å²) in [6.07, 6.45) is -0.930. The Morgan fingerprint density at radius 1 is 1.06 bits per heavy atom. The lowest BCUT2D eigenvalue weighted by atomic mass is 9.99. The molecule has 2 aliphatic rings. The minimum absolute atomic E-state index is 0.254. The van der Waals surface area contributed by atoms with Gasteiger partial charge >= 0.3 is 12.1 Å². The lowest BCUT2D eigenvalue weighted by molar-refractivity contribution is -0.0954. The van der Waals surface area contributed by atoms with Crippen LogP contribution in [0.3, 0.4) is 0 Å². The van der Waals surface area contributed by atoms with Gasteiger partial charge in [0.25, 0.3) is 0 Å². The Labute approximate surface area is 194 Å². The monoisotopic (exact) mass is 453 g/mol. The van der Waals surface area contributed by atoms with Crippen LogP contribution in [0.2, 0.25) is 0 Å². The second-order valence-electron chi connectivity index (χ2n) is 8.76. The highest BCUT2D eigenvalue weighted by molar-refractivity contribution is 5.98. The first-order valence-electron chi connectivity index (χ1n) is 11.2. The number of morpholine rings is 1. The van der Waals surface area contributed by atoms with Crippen LogP contribution < -0.4 is 10.2 Å². The van der Waals surface area contributed by atoms with Crippen molar-refractivity contribution in [2.75, 3.05) is 49.6 Å². The van der Waals surface area contributed by atoms with Crippen LogP contribution in [0.25, 0.3) is 0 Å². The lowest BCUT2D eigenvalue weighted by Crippen LogP contribution is -2.58. The van der Waals surface area contributed by atoms with Gasteiger partial charge in [-0.1, -0.05) is 36.4 Å². The number of hydroxylamine groups is 2. The molecule has 4 amide bonds. The number of hydrogen-bond acceptors (Lipinski definition) is 5. The van der Waals surface area contributed by atoms with E-state index in [1.807, 2.05) is 38.1 Å². The van der Waals surface area contributed by atoms with Crippen LogP contribution in [0.1, 0.15) is 13.8 Å². The van der Waals surface area contributed by atoms with Gasteiger partial charge in [0.1, 0.15) is 0 Å². The number of amides is 4. The second-order valence-corrected chi connectivity index (χ2v) is 8.76. The molecule has 9 heteroatoms. The molecule has 9 nitrogen and oxygen atoms in total. The summed E-state index contributed by atoms with van der Waals surface area (Å²) in [5.41, 5.74) is 0.308. The Morgan fingerprint density at radius 3 is 2.30 bits per heavy atom. The van der Waals surface area contributed by atoms with Crippen molar-refractivity contribution in [3.63, 3.8) is 0 Å². The van der Waals surface area contributed by atoms with Crippen LogP contribution in [0.5, 0.6) is 0 Å². The van der Waals surface area contributed by atoms with E-state index in [9.17, 15) is 14.8 Å². The number of para-hydroxylation sites is 2. The number of carbonyl (C=O) groups is 2. The number of anilines is 2. The summed E-state index contributed by atoms with van der Waals surface area (Å²) in [6.45, 7) is 7.91. The van der Waals surface area contributed by atoms with Crippen molar-refractivity contribution in [2.24, 2.45) is 0 Å².